The summed E-state index contributed by atoms with van der Waals surface area (Å²) in [5.74, 6) is 0. The van der Waals surface area contributed by atoms with Crippen LogP contribution in [-0.2, 0) is 6.42 Å². The first-order valence-corrected chi connectivity index (χ1v) is 13.2. The second-order valence-electron chi connectivity index (χ2n) is 10.5. The Balaban J connectivity index is 1.26. The molecule has 0 saturated heterocycles. The smallest absolute Gasteiger partial charge is 0.0855 e. The summed E-state index contributed by atoms with van der Waals surface area (Å²) in [6.07, 6.45) is 5.79. The lowest BCUT2D eigenvalue weighted by atomic mass is 9.98. The molecule has 0 fully saturated rings. The van der Waals surface area contributed by atoms with Gasteiger partial charge in [-0.2, -0.15) is 0 Å². The van der Waals surface area contributed by atoms with Crippen molar-refractivity contribution >= 4 is 49.6 Å². The second kappa shape index (κ2) is 7.02. The number of benzene rings is 5. The van der Waals surface area contributed by atoms with Crippen LogP contribution in [0.4, 0.5) is 0 Å². The van der Waals surface area contributed by atoms with Crippen LogP contribution in [0.15, 0.2) is 115 Å². The van der Waals surface area contributed by atoms with Gasteiger partial charge in [0.05, 0.1) is 12.1 Å². The van der Waals surface area contributed by atoms with E-state index >= 15 is 0 Å². The van der Waals surface area contributed by atoms with Gasteiger partial charge in [-0.15, -0.1) is 0 Å². The van der Waals surface area contributed by atoms with E-state index in [0.717, 1.165) is 6.42 Å². The average molecular weight is 473 g/mol. The first kappa shape index (κ1) is 19.6. The fourth-order valence-electron chi connectivity index (χ4n) is 7.04. The first-order chi connectivity index (χ1) is 18.4. The van der Waals surface area contributed by atoms with Gasteiger partial charge < -0.3 is 9.13 Å². The molecule has 37 heavy (non-hydrogen) atoms. The predicted octanol–water partition coefficient (Wildman–Crippen LogP) is 8.66. The van der Waals surface area contributed by atoms with Gasteiger partial charge in [0.1, 0.15) is 0 Å². The Morgan fingerprint density at radius 1 is 0.541 bits per heavy atom. The molecule has 0 N–H and O–H groups in total. The van der Waals surface area contributed by atoms with Crippen LogP contribution in [0.2, 0.25) is 0 Å². The summed E-state index contributed by atoms with van der Waals surface area (Å²) in [6.45, 7) is 0. The summed E-state index contributed by atoms with van der Waals surface area (Å²) < 4.78 is 5.20. The Hall–Kier alpha value is -4.56. The fraction of sp³-hybridized carbons (Fsp3) is 0.0857. The maximum atomic E-state index is 2.64. The topological polar surface area (TPSA) is 9.86 Å². The van der Waals surface area contributed by atoms with Crippen molar-refractivity contribution in [3.8, 4) is 0 Å². The highest BCUT2D eigenvalue weighted by Crippen LogP contribution is 2.52. The first-order valence-electron chi connectivity index (χ1n) is 13.2. The zero-order chi connectivity index (χ0) is 24.1. The number of allylic oxidation sites excluding steroid dienone is 1. The molecule has 0 spiro atoms. The summed E-state index contributed by atoms with van der Waals surface area (Å²) in [7, 11) is 0. The van der Waals surface area contributed by atoms with Crippen LogP contribution in [-0.4, -0.2) is 9.13 Å². The largest absolute Gasteiger partial charge is 0.333 e. The van der Waals surface area contributed by atoms with Gasteiger partial charge in [-0.3, -0.25) is 0 Å². The molecule has 0 saturated carbocycles. The van der Waals surface area contributed by atoms with Crippen LogP contribution < -0.4 is 0 Å². The molecule has 2 heterocycles. The van der Waals surface area contributed by atoms with E-state index < -0.39 is 0 Å². The monoisotopic (exact) mass is 472 g/mol. The molecule has 2 atom stereocenters. The maximum absolute atomic E-state index is 2.64. The van der Waals surface area contributed by atoms with Crippen LogP contribution >= 0.6 is 0 Å². The van der Waals surface area contributed by atoms with Gasteiger partial charge in [0.2, 0.25) is 0 Å². The molecular formula is C35H24N2. The third-order valence-corrected chi connectivity index (χ3v) is 8.64. The van der Waals surface area contributed by atoms with E-state index in [2.05, 4.69) is 130 Å². The van der Waals surface area contributed by atoms with Gasteiger partial charge in [-0.05, 0) is 40.1 Å². The van der Waals surface area contributed by atoms with E-state index in [-0.39, 0.29) is 6.04 Å². The Morgan fingerprint density at radius 3 is 1.86 bits per heavy atom. The highest BCUT2D eigenvalue weighted by molar-refractivity contribution is 6.08. The van der Waals surface area contributed by atoms with Crippen molar-refractivity contribution in [3.63, 3.8) is 0 Å². The van der Waals surface area contributed by atoms with Crippen molar-refractivity contribution < 1.29 is 0 Å². The van der Waals surface area contributed by atoms with Crippen molar-refractivity contribution in [1.82, 2.24) is 9.13 Å². The number of rotatable bonds is 2. The summed E-state index contributed by atoms with van der Waals surface area (Å²) in [4.78, 5) is 0. The molecule has 2 unspecified atom stereocenters. The number of hydrogen-bond acceptors (Lipinski definition) is 0. The van der Waals surface area contributed by atoms with Crippen molar-refractivity contribution in [1.29, 1.82) is 0 Å². The normalized spacial score (nSPS) is 18.1. The molecule has 2 aliphatic carbocycles. The van der Waals surface area contributed by atoms with Crippen molar-refractivity contribution in [2.24, 2.45) is 0 Å². The van der Waals surface area contributed by atoms with Crippen LogP contribution in [0.1, 0.15) is 34.5 Å². The van der Waals surface area contributed by atoms with Gasteiger partial charge in [0.25, 0.3) is 0 Å². The number of nitrogens with zero attached hydrogens (tertiary/aromatic N) is 2. The summed E-state index contributed by atoms with van der Waals surface area (Å²) in [6, 6.07) is 40.7. The Morgan fingerprint density at radius 2 is 1.14 bits per heavy atom. The molecule has 0 radical (unpaired) electrons. The second-order valence-corrected chi connectivity index (χ2v) is 10.5. The van der Waals surface area contributed by atoms with Gasteiger partial charge >= 0.3 is 0 Å². The molecule has 2 heteroatoms. The molecule has 7 aromatic rings. The molecule has 2 aliphatic rings. The molecule has 174 valence electrons. The average Bonchev–Trinajstić information content (AvgIpc) is 3.46. The van der Waals surface area contributed by atoms with Crippen LogP contribution in [0.3, 0.4) is 0 Å². The number of hydrogen-bond donors (Lipinski definition) is 0. The lowest BCUT2D eigenvalue weighted by Gasteiger charge is -2.23. The van der Waals surface area contributed by atoms with Crippen molar-refractivity contribution in [3.05, 3.63) is 138 Å². The van der Waals surface area contributed by atoms with E-state index in [4.69, 9.17) is 0 Å². The van der Waals surface area contributed by atoms with Crippen molar-refractivity contribution in [2.45, 2.75) is 18.5 Å². The zero-order valence-corrected chi connectivity index (χ0v) is 20.3. The standard InChI is InChI=1S/C35H24N2/c1-2-10-24-22(9-1)17-19-29-34(24)35(29)37-32-16-8-5-13-27(32)28-20-18-23(21-33(28)37)36-30-14-6-3-11-25(30)26-12-4-7-15-31(26)36/h1-20,23,35H,21H2. The number of para-hydroxylation sites is 3. The number of aromatic nitrogens is 2. The Labute approximate surface area is 214 Å². The molecular weight excluding hydrogens is 448 g/mol. The van der Waals surface area contributed by atoms with Gasteiger partial charge in [-0.1, -0.05) is 103 Å². The highest BCUT2D eigenvalue weighted by Gasteiger charge is 2.39. The number of fused-ring (bicyclic) bond motifs is 9. The zero-order valence-electron chi connectivity index (χ0n) is 20.3. The summed E-state index contributed by atoms with van der Waals surface area (Å²) >= 11 is 0. The molecule has 0 amide bonds. The predicted molar refractivity (Wildman–Crippen MR) is 154 cm³/mol. The minimum absolute atomic E-state index is 0.263. The third-order valence-electron chi connectivity index (χ3n) is 8.64. The minimum atomic E-state index is 0.263. The fourth-order valence-corrected chi connectivity index (χ4v) is 7.04. The van der Waals surface area contributed by atoms with E-state index in [9.17, 15) is 0 Å². The molecule has 2 aromatic heterocycles. The molecule has 0 aliphatic heterocycles. The summed E-state index contributed by atoms with van der Waals surface area (Å²) in [5.41, 5.74) is 9.74. The Kier molecular flexibility index (Phi) is 3.72. The van der Waals surface area contributed by atoms with Crippen LogP contribution in [0, 0.1) is 0 Å². The molecule has 5 aromatic carbocycles. The van der Waals surface area contributed by atoms with E-state index in [1.807, 2.05) is 0 Å². The SMILES string of the molecule is C1=CC(n2c3ccccc3c3ccccc32)Cc2c1c1ccccc1n2C1c2ccc3ccccc3c21. The lowest BCUT2D eigenvalue weighted by molar-refractivity contribution is 0.601. The summed E-state index contributed by atoms with van der Waals surface area (Å²) in [5, 5.41) is 6.74. The highest BCUT2D eigenvalue weighted by atomic mass is 15.1. The maximum Gasteiger partial charge on any atom is 0.0855 e. The van der Waals surface area contributed by atoms with Gasteiger partial charge in [0, 0.05) is 50.4 Å². The lowest BCUT2D eigenvalue weighted by Crippen LogP contribution is -2.16. The Bertz CT molecular complexity index is 2030. The van der Waals surface area contributed by atoms with Crippen LogP contribution in [0.5, 0.6) is 0 Å². The minimum Gasteiger partial charge on any atom is -0.333 e. The molecule has 2 nitrogen and oxygen atoms in total. The quantitative estimate of drug-likeness (QED) is 0.238. The van der Waals surface area contributed by atoms with E-state index in [1.165, 1.54) is 65.9 Å². The van der Waals surface area contributed by atoms with Gasteiger partial charge in [0.15, 0.2) is 0 Å². The van der Waals surface area contributed by atoms with Gasteiger partial charge in [-0.25, -0.2) is 0 Å². The molecule has 0 bridgehead atoms. The van der Waals surface area contributed by atoms with Crippen molar-refractivity contribution in [2.75, 3.05) is 0 Å². The molecule has 9 rings (SSSR count). The van der Waals surface area contributed by atoms with Crippen LogP contribution in [0.25, 0.3) is 49.6 Å². The van der Waals surface area contributed by atoms with E-state index in [1.54, 1.807) is 0 Å². The van der Waals surface area contributed by atoms with E-state index in [0.29, 0.717) is 6.04 Å². The third kappa shape index (κ3) is 2.55.